The van der Waals surface area contributed by atoms with E-state index < -0.39 is 23.5 Å². The summed E-state index contributed by atoms with van der Waals surface area (Å²) in [6, 6.07) is 9.20. The molecule has 2 aromatic rings. The molecular formula is C16H16F3N. The van der Waals surface area contributed by atoms with E-state index >= 15 is 0 Å². The third kappa shape index (κ3) is 2.70. The zero-order valence-corrected chi connectivity index (χ0v) is 11.4. The standard InChI is InChI=1S/C16H16F3N/c1-3-20-16(11-7-5-4-6-10(11)2)12-8-9-13(17)15(19)14(12)18/h4-9,16,20H,3H2,1-2H3. The smallest absolute Gasteiger partial charge is 0.194 e. The molecule has 0 aromatic heterocycles. The van der Waals surface area contributed by atoms with Gasteiger partial charge >= 0.3 is 0 Å². The number of nitrogens with one attached hydrogen (secondary N) is 1. The van der Waals surface area contributed by atoms with Gasteiger partial charge in [0.1, 0.15) is 0 Å². The van der Waals surface area contributed by atoms with Gasteiger partial charge in [0, 0.05) is 5.56 Å². The summed E-state index contributed by atoms with van der Waals surface area (Å²) >= 11 is 0. The van der Waals surface area contributed by atoms with Crippen molar-refractivity contribution in [3.8, 4) is 0 Å². The van der Waals surface area contributed by atoms with Crippen molar-refractivity contribution in [1.82, 2.24) is 5.32 Å². The summed E-state index contributed by atoms with van der Waals surface area (Å²) in [5, 5.41) is 3.11. The van der Waals surface area contributed by atoms with E-state index in [4.69, 9.17) is 0 Å². The van der Waals surface area contributed by atoms with Crippen molar-refractivity contribution >= 4 is 0 Å². The van der Waals surface area contributed by atoms with Gasteiger partial charge in [-0.3, -0.25) is 0 Å². The van der Waals surface area contributed by atoms with Crippen LogP contribution in [0.3, 0.4) is 0 Å². The third-order valence-corrected chi connectivity index (χ3v) is 3.28. The van der Waals surface area contributed by atoms with Gasteiger partial charge in [-0.15, -0.1) is 0 Å². The minimum Gasteiger partial charge on any atom is -0.306 e. The molecule has 2 rings (SSSR count). The molecule has 0 amide bonds. The van der Waals surface area contributed by atoms with Crippen molar-refractivity contribution in [2.75, 3.05) is 6.54 Å². The SMILES string of the molecule is CCNC(c1ccccc1C)c1ccc(F)c(F)c1F. The van der Waals surface area contributed by atoms with Crippen molar-refractivity contribution in [3.63, 3.8) is 0 Å². The fraction of sp³-hybridized carbons (Fsp3) is 0.250. The van der Waals surface area contributed by atoms with E-state index in [1.165, 1.54) is 6.07 Å². The number of hydrogen-bond donors (Lipinski definition) is 1. The Balaban J connectivity index is 2.55. The first-order chi connectivity index (χ1) is 9.56. The van der Waals surface area contributed by atoms with E-state index in [-0.39, 0.29) is 5.56 Å². The summed E-state index contributed by atoms with van der Waals surface area (Å²) in [6.07, 6.45) is 0. The Morgan fingerprint density at radius 2 is 1.65 bits per heavy atom. The number of hydrogen-bond acceptors (Lipinski definition) is 1. The van der Waals surface area contributed by atoms with Crippen LogP contribution in [0.4, 0.5) is 13.2 Å². The van der Waals surface area contributed by atoms with Gasteiger partial charge in [0.25, 0.3) is 0 Å². The largest absolute Gasteiger partial charge is 0.306 e. The van der Waals surface area contributed by atoms with Gasteiger partial charge in [0.2, 0.25) is 0 Å². The Bertz CT molecular complexity index is 611. The molecule has 1 atom stereocenters. The summed E-state index contributed by atoms with van der Waals surface area (Å²) in [4.78, 5) is 0. The lowest BCUT2D eigenvalue weighted by Crippen LogP contribution is -2.24. The highest BCUT2D eigenvalue weighted by Gasteiger charge is 2.22. The van der Waals surface area contributed by atoms with Crippen molar-refractivity contribution < 1.29 is 13.2 Å². The lowest BCUT2D eigenvalue weighted by Gasteiger charge is -2.21. The lowest BCUT2D eigenvalue weighted by molar-refractivity contribution is 0.433. The molecule has 0 aliphatic heterocycles. The molecule has 0 saturated carbocycles. The predicted octanol–water partition coefficient (Wildman–Crippen LogP) is 4.11. The molecule has 0 radical (unpaired) electrons. The quantitative estimate of drug-likeness (QED) is 0.830. The van der Waals surface area contributed by atoms with Gasteiger partial charge in [0.05, 0.1) is 6.04 Å². The summed E-state index contributed by atoms with van der Waals surface area (Å²) in [6.45, 7) is 4.36. The average Bonchev–Trinajstić information content (AvgIpc) is 2.44. The van der Waals surface area contributed by atoms with Crippen LogP contribution in [0.1, 0.15) is 29.7 Å². The maximum absolute atomic E-state index is 14.0. The second-order valence-corrected chi connectivity index (χ2v) is 4.61. The Kier molecular flexibility index (Phi) is 4.45. The zero-order chi connectivity index (χ0) is 14.7. The molecule has 0 heterocycles. The molecule has 1 nitrogen and oxygen atoms in total. The molecule has 0 fully saturated rings. The van der Waals surface area contributed by atoms with Crippen molar-refractivity contribution in [3.05, 3.63) is 70.5 Å². The molecule has 1 N–H and O–H groups in total. The summed E-state index contributed by atoms with van der Waals surface area (Å²) in [7, 11) is 0. The highest BCUT2D eigenvalue weighted by atomic mass is 19.2. The van der Waals surface area contributed by atoms with Crippen LogP contribution < -0.4 is 5.32 Å². The molecule has 20 heavy (non-hydrogen) atoms. The van der Waals surface area contributed by atoms with Crippen LogP contribution in [0.25, 0.3) is 0 Å². The first-order valence-corrected chi connectivity index (χ1v) is 6.48. The fourth-order valence-corrected chi connectivity index (χ4v) is 2.27. The van der Waals surface area contributed by atoms with E-state index in [1.807, 2.05) is 38.1 Å². The monoisotopic (exact) mass is 279 g/mol. The highest BCUT2D eigenvalue weighted by molar-refractivity contribution is 5.37. The summed E-state index contributed by atoms with van der Waals surface area (Å²) < 4.78 is 40.5. The Labute approximate surface area is 116 Å². The minimum atomic E-state index is -1.43. The average molecular weight is 279 g/mol. The first-order valence-electron chi connectivity index (χ1n) is 6.48. The van der Waals surface area contributed by atoms with Crippen LogP contribution in [0, 0.1) is 24.4 Å². The molecule has 2 aromatic carbocycles. The van der Waals surface area contributed by atoms with Gasteiger partial charge in [-0.25, -0.2) is 13.2 Å². The van der Waals surface area contributed by atoms with Crippen LogP contribution in [0.5, 0.6) is 0 Å². The maximum atomic E-state index is 14.0. The Hall–Kier alpha value is -1.81. The Morgan fingerprint density at radius 3 is 2.30 bits per heavy atom. The molecule has 0 aliphatic carbocycles. The van der Waals surface area contributed by atoms with Gasteiger partial charge in [-0.2, -0.15) is 0 Å². The zero-order valence-electron chi connectivity index (χ0n) is 11.4. The van der Waals surface area contributed by atoms with Crippen molar-refractivity contribution in [1.29, 1.82) is 0 Å². The number of benzene rings is 2. The van der Waals surface area contributed by atoms with Crippen LogP contribution in [-0.2, 0) is 0 Å². The van der Waals surface area contributed by atoms with Crippen molar-refractivity contribution in [2.45, 2.75) is 19.9 Å². The van der Waals surface area contributed by atoms with Gasteiger partial charge < -0.3 is 5.32 Å². The maximum Gasteiger partial charge on any atom is 0.194 e. The van der Waals surface area contributed by atoms with E-state index in [2.05, 4.69) is 5.32 Å². The normalized spacial score (nSPS) is 12.4. The topological polar surface area (TPSA) is 12.0 Å². The van der Waals surface area contributed by atoms with Crippen molar-refractivity contribution in [2.24, 2.45) is 0 Å². The van der Waals surface area contributed by atoms with Gasteiger partial charge in [-0.1, -0.05) is 37.3 Å². The minimum absolute atomic E-state index is 0.111. The van der Waals surface area contributed by atoms with Crippen LogP contribution in [0.2, 0.25) is 0 Å². The van der Waals surface area contributed by atoms with E-state index in [0.717, 1.165) is 17.2 Å². The number of halogens is 3. The number of rotatable bonds is 4. The van der Waals surface area contributed by atoms with Crippen LogP contribution in [-0.4, -0.2) is 6.54 Å². The van der Waals surface area contributed by atoms with E-state index in [9.17, 15) is 13.2 Å². The molecule has 0 aliphatic rings. The molecule has 106 valence electrons. The Morgan fingerprint density at radius 1 is 0.950 bits per heavy atom. The lowest BCUT2D eigenvalue weighted by atomic mass is 9.94. The summed E-state index contributed by atoms with van der Waals surface area (Å²) in [5.41, 5.74) is 1.92. The molecule has 1 unspecified atom stereocenters. The van der Waals surface area contributed by atoms with E-state index in [0.29, 0.717) is 6.54 Å². The summed E-state index contributed by atoms with van der Waals surface area (Å²) in [5.74, 6) is -3.75. The highest BCUT2D eigenvalue weighted by Crippen LogP contribution is 2.28. The third-order valence-electron chi connectivity index (χ3n) is 3.28. The van der Waals surface area contributed by atoms with Gasteiger partial charge in [0.15, 0.2) is 17.5 Å². The van der Waals surface area contributed by atoms with Gasteiger partial charge in [-0.05, 0) is 30.7 Å². The second-order valence-electron chi connectivity index (χ2n) is 4.61. The second kappa shape index (κ2) is 6.09. The number of aryl methyl sites for hydroxylation is 1. The van der Waals surface area contributed by atoms with E-state index in [1.54, 1.807) is 0 Å². The molecule has 4 heteroatoms. The van der Waals surface area contributed by atoms with Crippen LogP contribution in [0.15, 0.2) is 36.4 Å². The predicted molar refractivity (Wildman–Crippen MR) is 73.0 cm³/mol. The van der Waals surface area contributed by atoms with Crippen LogP contribution >= 0.6 is 0 Å². The first kappa shape index (κ1) is 14.6. The molecule has 0 bridgehead atoms. The molecule has 0 saturated heterocycles. The molecular weight excluding hydrogens is 263 g/mol. The molecule has 0 spiro atoms. The fourth-order valence-electron chi connectivity index (χ4n) is 2.27.